The van der Waals surface area contributed by atoms with Crippen LogP contribution in [0, 0.1) is 6.92 Å². The van der Waals surface area contributed by atoms with E-state index in [1.807, 2.05) is 19.1 Å². The van der Waals surface area contributed by atoms with Crippen LogP contribution in [0.4, 0.5) is 5.13 Å². The Kier molecular flexibility index (Phi) is 8.01. The van der Waals surface area contributed by atoms with Gasteiger partial charge in [-0.25, -0.2) is 9.78 Å². The van der Waals surface area contributed by atoms with Crippen molar-refractivity contribution in [1.29, 1.82) is 0 Å². The number of anilines is 1. The molecule has 0 bridgehead atoms. The number of aryl methyl sites for hydroxylation is 1. The van der Waals surface area contributed by atoms with E-state index in [0.29, 0.717) is 33.8 Å². The van der Waals surface area contributed by atoms with E-state index in [2.05, 4.69) is 10.3 Å². The normalized spacial score (nSPS) is 10.7. The number of esters is 1. The van der Waals surface area contributed by atoms with Crippen LogP contribution in [-0.2, 0) is 9.53 Å². The van der Waals surface area contributed by atoms with Crippen LogP contribution in [-0.4, -0.2) is 37.2 Å². The summed E-state index contributed by atoms with van der Waals surface area (Å²) in [6, 6.07) is 5.44. The van der Waals surface area contributed by atoms with Gasteiger partial charge in [-0.2, -0.15) is 0 Å². The zero-order chi connectivity index (χ0) is 20.5. The lowest BCUT2D eigenvalue weighted by molar-refractivity contribution is -0.111. The Labute approximate surface area is 168 Å². The van der Waals surface area contributed by atoms with Gasteiger partial charge in [0.15, 0.2) is 16.6 Å². The van der Waals surface area contributed by atoms with E-state index in [0.717, 1.165) is 23.3 Å². The lowest BCUT2D eigenvalue weighted by Gasteiger charge is -2.10. The molecule has 28 heavy (non-hydrogen) atoms. The zero-order valence-corrected chi connectivity index (χ0v) is 17.2. The number of benzene rings is 1. The molecule has 0 unspecified atom stereocenters. The Hall–Kier alpha value is -2.87. The second-order valence-electron chi connectivity index (χ2n) is 5.74. The number of hydrogen-bond acceptors (Lipinski definition) is 7. The van der Waals surface area contributed by atoms with Crippen molar-refractivity contribution < 1.29 is 23.8 Å². The maximum atomic E-state index is 12.2. The molecular formula is C20H24N2O5S. The molecule has 0 aliphatic heterocycles. The minimum Gasteiger partial charge on any atom is -0.493 e. The largest absolute Gasteiger partial charge is 0.493 e. The second-order valence-corrected chi connectivity index (χ2v) is 6.73. The number of carbonyl (C=O) groups excluding carboxylic acids is 2. The fraction of sp³-hybridized carbons (Fsp3) is 0.350. The highest BCUT2D eigenvalue weighted by Crippen LogP contribution is 2.29. The minimum atomic E-state index is -0.439. The van der Waals surface area contributed by atoms with Gasteiger partial charge in [0, 0.05) is 6.08 Å². The van der Waals surface area contributed by atoms with Crippen LogP contribution in [0.15, 0.2) is 24.3 Å². The standard InChI is InChI=1S/C20H24N2O5S/c1-5-11-27-15-9-7-14(12-16(15)25-4)8-10-17(23)22-20-21-13(3)18(28-20)19(24)26-6-2/h7-10,12H,5-6,11H2,1-4H3,(H,21,22,23)/b10-8+. The fourth-order valence-electron chi connectivity index (χ4n) is 2.27. The highest BCUT2D eigenvalue weighted by Gasteiger charge is 2.17. The monoisotopic (exact) mass is 404 g/mol. The first-order valence-electron chi connectivity index (χ1n) is 8.92. The van der Waals surface area contributed by atoms with E-state index in [4.69, 9.17) is 14.2 Å². The van der Waals surface area contributed by atoms with Crippen molar-refractivity contribution in [2.75, 3.05) is 25.6 Å². The molecule has 1 amide bonds. The van der Waals surface area contributed by atoms with Crippen molar-refractivity contribution >= 4 is 34.4 Å². The summed E-state index contributed by atoms with van der Waals surface area (Å²) >= 11 is 1.09. The van der Waals surface area contributed by atoms with E-state index in [1.54, 1.807) is 33.1 Å². The molecule has 7 nitrogen and oxygen atoms in total. The van der Waals surface area contributed by atoms with E-state index < -0.39 is 5.97 Å². The molecule has 2 aromatic rings. The molecule has 1 aromatic heterocycles. The van der Waals surface area contributed by atoms with Gasteiger partial charge in [0.2, 0.25) is 5.91 Å². The lowest BCUT2D eigenvalue weighted by Crippen LogP contribution is -2.07. The summed E-state index contributed by atoms with van der Waals surface area (Å²) in [6.45, 7) is 6.35. The topological polar surface area (TPSA) is 86.8 Å². The number of ether oxygens (including phenoxy) is 3. The quantitative estimate of drug-likeness (QED) is 0.501. The fourth-order valence-corrected chi connectivity index (χ4v) is 3.14. The average molecular weight is 404 g/mol. The molecule has 1 heterocycles. The van der Waals surface area contributed by atoms with Crippen molar-refractivity contribution in [1.82, 2.24) is 4.98 Å². The molecule has 0 saturated carbocycles. The van der Waals surface area contributed by atoms with Gasteiger partial charge in [0.25, 0.3) is 0 Å². The molecule has 2 rings (SSSR count). The lowest BCUT2D eigenvalue weighted by atomic mass is 10.2. The summed E-state index contributed by atoms with van der Waals surface area (Å²) in [5.74, 6) is 0.474. The van der Waals surface area contributed by atoms with Crippen LogP contribution in [0.1, 0.15) is 41.2 Å². The van der Waals surface area contributed by atoms with Crippen molar-refractivity contribution in [3.63, 3.8) is 0 Å². The van der Waals surface area contributed by atoms with Crippen molar-refractivity contribution in [2.24, 2.45) is 0 Å². The highest BCUT2D eigenvalue weighted by atomic mass is 32.1. The van der Waals surface area contributed by atoms with Gasteiger partial charge in [-0.3, -0.25) is 10.1 Å². The number of amides is 1. The number of rotatable bonds is 9. The third-order valence-electron chi connectivity index (χ3n) is 3.56. The van der Waals surface area contributed by atoms with Crippen molar-refractivity contribution in [3.05, 3.63) is 40.4 Å². The number of methoxy groups -OCH3 is 1. The summed E-state index contributed by atoms with van der Waals surface area (Å²) in [4.78, 5) is 28.6. The predicted octanol–water partition coefficient (Wildman–Crippen LogP) is 4.08. The van der Waals surface area contributed by atoms with E-state index in [1.165, 1.54) is 6.08 Å². The first kappa shape index (κ1) is 21.4. The molecule has 0 radical (unpaired) electrons. The summed E-state index contributed by atoms with van der Waals surface area (Å²) in [5, 5.41) is 3.00. The number of aromatic nitrogens is 1. The van der Waals surface area contributed by atoms with Crippen LogP contribution in [0.3, 0.4) is 0 Å². The summed E-state index contributed by atoms with van der Waals surface area (Å²) in [6.07, 6.45) is 3.95. The predicted molar refractivity (Wildman–Crippen MR) is 109 cm³/mol. The van der Waals surface area contributed by atoms with Crippen LogP contribution in [0.2, 0.25) is 0 Å². The van der Waals surface area contributed by atoms with E-state index >= 15 is 0 Å². The van der Waals surface area contributed by atoms with Gasteiger partial charge in [-0.15, -0.1) is 0 Å². The molecule has 1 N–H and O–H groups in total. The van der Waals surface area contributed by atoms with Crippen molar-refractivity contribution in [2.45, 2.75) is 27.2 Å². The summed E-state index contributed by atoms with van der Waals surface area (Å²) in [7, 11) is 1.57. The van der Waals surface area contributed by atoms with Crippen LogP contribution >= 0.6 is 11.3 Å². The van der Waals surface area contributed by atoms with Crippen molar-refractivity contribution in [3.8, 4) is 11.5 Å². The Bertz CT molecular complexity index is 860. The Morgan fingerprint density at radius 3 is 2.71 bits per heavy atom. The minimum absolute atomic E-state index is 0.284. The average Bonchev–Trinajstić information content (AvgIpc) is 3.05. The Morgan fingerprint density at radius 1 is 1.25 bits per heavy atom. The Balaban J connectivity index is 2.04. The zero-order valence-electron chi connectivity index (χ0n) is 16.4. The van der Waals surface area contributed by atoms with Crippen LogP contribution < -0.4 is 14.8 Å². The van der Waals surface area contributed by atoms with Gasteiger partial charge in [-0.05, 0) is 44.0 Å². The molecule has 0 spiro atoms. The number of hydrogen-bond donors (Lipinski definition) is 1. The smallest absolute Gasteiger partial charge is 0.350 e. The number of nitrogens with zero attached hydrogens (tertiary/aromatic N) is 1. The highest BCUT2D eigenvalue weighted by molar-refractivity contribution is 7.17. The van der Waals surface area contributed by atoms with Crippen LogP contribution in [0.25, 0.3) is 6.08 Å². The molecule has 0 fully saturated rings. The molecule has 150 valence electrons. The van der Waals surface area contributed by atoms with Gasteiger partial charge in [-0.1, -0.05) is 24.3 Å². The Morgan fingerprint density at radius 2 is 2.04 bits per heavy atom. The van der Waals surface area contributed by atoms with Gasteiger partial charge < -0.3 is 14.2 Å². The molecule has 0 saturated heterocycles. The van der Waals surface area contributed by atoms with Gasteiger partial charge in [0.05, 0.1) is 26.0 Å². The van der Waals surface area contributed by atoms with Gasteiger partial charge in [0.1, 0.15) is 4.88 Å². The maximum absolute atomic E-state index is 12.2. The van der Waals surface area contributed by atoms with Gasteiger partial charge >= 0.3 is 5.97 Å². The third-order valence-corrected chi connectivity index (χ3v) is 4.62. The molecular weight excluding hydrogens is 380 g/mol. The molecule has 0 aliphatic rings. The maximum Gasteiger partial charge on any atom is 0.350 e. The summed E-state index contributed by atoms with van der Waals surface area (Å²) < 4.78 is 15.9. The first-order chi connectivity index (χ1) is 13.5. The second kappa shape index (κ2) is 10.5. The third kappa shape index (κ3) is 5.82. The molecule has 0 aliphatic carbocycles. The number of nitrogens with one attached hydrogen (secondary N) is 1. The first-order valence-corrected chi connectivity index (χ1v) is 9.74. The molecule has 0 atom stereocenters. The summed E-state index contributed by atoms with van der Waals surface area (Å²) in [5.41, 5.74) is 1.31. The number of carbonyl (C=O) groups is 2. The molecule has 1 aromatic carbocycles. The molecule has 8 heteroatoms. The SMILES string of the molecule is CCCOc1ccc(/C=C/C(=O)Nc2nc(C)c(C(=O)OCC)s2)cc1OC. The van der Waals surface area contributed by atoms with E-state index in [-0.39, 0.29) is 12.5 Å². The van der Waals surface area contributed by atoms with E-state index in [9.17, 15) is 9.59 Å². The number of thiazole rings is 1. The van der Waals surface area contributed by atoms with Crippen LogP contribution in [0.5, 0.6) is 11.5 Å².